The standard InChI is InChI=1S/C23H31N9O7S2/c1-13-18(21(34)32(13)41(35,36)37)29-20(33)19(17-12-40-23(26)28-17)30-39-8-7-38-16-4-3-14-10-31(11-15(14)9-16)22(25)27-6-2-5-24/h3-4,9,12-13,18H,2,5-8,10-11,24H2,1H3,(H2,25,27)(H2,26,28)(H,29,33)(H,35,36,37)/b30-19-. The number of nitrogen functional groups attached to an aromatic ring is 1. The molecule has 2 unspecified atom stereocenters. The molecule has 16 nitrogen and oxygen atoms in total. The van der Waals surface area contributed by atoms with E-state index in [1.807, 2.05) is 23.1 Å². The number of aliphatic imine (C=N–C) groups is 1. The molecule has 2 aromatic rings. The van der Waals surface area contributed by atoms with Gasteiger partial charge in [0.2, 0.25) is 0 Å². The summed E-state index contributed by atoms with van der Waals surface area (Å²) < 4.78 is 37.8. The normalized spacial score (nSPS) is 19.1. The largest absolute Gasteiger partial charge is 0.490 e. The molecule has 0 spiro atoms. The fourth-order valence-electron chi connectivity index (χ4n) is 4.23. The second kappa shape index (κ2) is 12.7. The van der Waals surface area contributed by atoms with E-state index >= 15 is 0 Å². The van der Waals surface area contributed by atoms with Crippen LogP contribution >= 0.6 is 11.3 Å². The summed E-state index contributed by atoms with van der Waals surface area (Å²) in [5, 5.41) is 7.91. The van der Waals surface area contributed by atoms with Gasteiger partial charge in [-0.2, -0.15) is 8.42 Å². The van der Waals surface area contributed by atoms with E-state index in [4.69, 9.17) is 31.3 Å². The number of anilines is 1. The van der Waals surface area contributed by atoms with Gasteiger partial charge < -0.3 is 37.0 Å². The van der Waals surface area contributed by atoms with Crippen LogP contribution in [-0.4, -0.2) is 89.0 Å². The van der Waals surface area contributed by atoms with E-state index in [1.165, 1.54) is 12.3 Å². The number of nitrogens with zero attached hydrogens (tertiary/aromatic N) is 5. The third kappa shape index (κ3) is 7.02. The Morgan fingerprint density at radius 3 is 2.71 bits per heavy atom. The fraction of sp³-hybridized carbons (Fsp3) is 0.435. The van der Waals surface area contributed by atoms with E-state index in [2.05, 4.69) is 20.4 Å². The molecule has 1 aromatic heterocycles. The zero-order valence-electron chi connectivity index (χ0n) is 22.1. The first-order valence-corrected chi connectivity index (χ1v) is 14.8. The number of aromatic nitrogens is 1. The van der Waals surface area contributed by atoms with Crippen molar-refractivity contribution in [3.8, 4) is 5.75 Å². The molecular formula is C23H31N9O7S2. The van der Waals surface area contributed by atoms with Crippen molar-refractivity contribution in [2.45, 2.75) is 38.5 Å². The lowest BCUT2D eigenvalue weighted by molar-refractivity contribution is -0.143. The van der Waals surface area contributed by atoms with Crippen molar-refractivity contribution >= 4 is 50.3 Å². The Bertz CT molecular complexity index is 1460. The van der Waals surface area contributed by atoms with Crippen molar-refractivity contribution < 1.29 is 32.1 Å². The fourth-order valence-corrected chi connectivity index (χ4v) is 5.66. The molecule has 0 saturated carbocycles. The first kappa shape index (κ1) is 30.0. The number of benzene rings is 1. The zero-order chi connectivity index (χ0) is 29.7. The highest BCUT2D eigenvalue weighted by Crippen LogP contribution is 2.27. The summed E-state index contributed by atoms with van der Waals surface area (Å²) in [5.74, 6) is -0.746. The summed E-state index contributed by atoms with van der Waals surface area (Å²) in [7, 11) is -4.74. The Morgan fingerprint density at radius 1 is 1.29 bits per heavy atom. The van der Waals surface area contributed by atoms with Crippen LogP contribution in [0.25, 0.3) is 0 Å². The second-order valence-corrected chi connectivity index (χ2v) is 11.3. The average Bonchev–Trinajstić information content (AvgIpc) is 3.54. The van der Waals surface area contributed by atoms with Crippen LogP contribution < -0.4 is 27.3 Å². The minimum Gasteiger partial charge on any atom is -0.490 e. The first-order valence-electron chi connectivity index (χ1n) is 12.5. The van der Waals surface area contributed by atoms with E-state index < -0.39 is 34.2 Å². The van der Waals surface area contributed by atoms with Crippen LogP contribution in [0.1, 0.15) is 30.2 Å². The van der Waals surface area contributed by atoms with Crippen LogP contribution in [0.15, 0.2) is 33.7 Å². The molecular weight excluding hydrogens is 578 g/mol. The number of hydrogen-bond donors (Lipinski definition) is 5. The smallest absolute Gasteiger partial charge is 0.362 e. The Kier molecular flexibility index (Phi) is 9.26. The highest BCUT2D eigenvalue weighted by atomic mass is 32.2. The van der Waals surface area contributed by atoms with Crippen LogP contribution in [0.4, 0.5) is 5.13 Å². The SMILES string of the molecule is CC1C(NC(=O)/C(=N\OCCOc2ccc3c(c2)CN(C(N)=NCCCN)C3)c2csc(N)n2)C(=O)N1S(=O)(=O)O. The highest BCUT2D eigenvalue weighted by molar-refractivity contribution is 7.84. The predicted octanol–water partition coefficient (Wildman–Crippen LogP) is -0.978. The number of nitrogens with one attached hydrogen (secondary N) is 1. The molecule has 3 heterocycles. The van der Waals surface area contributed by atoms with Gasteiger partial charge in [0, 0.05) is 25.0 Å². The van der Waals surface area contributed by atoms with Crippen LogP contribution in [0.3, 0.4) is 0 Å². The molecule has 2 aliphatic heterocycles. The van der Waals surface area contributed by atoms with Crippen molar-refractivity contribution in [3.05, 3.63) is 40.4 Å². The summed E-state index contributed by atoms with van der Waals surface area (Å²) in [6.45, 7) is 3.81. The minimum absolute atomic E-state index is 0.0321. The lowest BCUT2D eigenvalue weighted by Gasteiger charge is -2.42. The number of nitrogens with two attached hydrogens (primary N) is 3. The molecule has 0 aliphatic carbocycles. The molecule has 4 rings (SSSR count). The van der Waals surface area contributed by atoms with E-state index in [1.54, 1.807) is 0 Å². The molecule has 1 aromatic carbocycles. The third-order valence-electron chi connectivity index (χ3n) is 6.31. The monoisotopic (exact) mass is 609 g/mol. The summed E-state index contributed by atoms with van der Waals surface area (Å²) in [6.07, 6.45) is 0.769. The summed E-state index contributed by atoms with van der Waals surface area (Å²) in [6, 6.07) is 3.50. The molecule has 0 radical (unpaired) electrons. The number of rotatable bonds is 12. The van der Waals surface area contributed by atoms with Gasteiger partial charge in [-0.05, 0) is 43.1 Å². The van der Waals surface area contributed by atoms with Gasteiger partial charge in [0.1, 0.15) is 24.1 Å². The number of fused-ring (bicyclic) bond motifs is 1. The van der Waals surface area contributed by atoms with Crippen molar-refractivity contribution in [1.29, 1.82) is 0 Å². The van der Waals surface area contributed by atoms with Crippen LogP contribution in [0.2, 0.25) is 0 Å². The number of carbonyl (C=O) groups excluding carboxylic acids is 2. The Balaban J connectivity index is 1.32. The number of oxime groups is 1. The van der Waals surface area contributed by atoms with Gasteiger partial charge in [0.15, 0.2) is 23.4 Å². The van der Waals surface area contributed by atoms with Crippen LogP contribution in [0.5, 0.6) is 5.75 Å². The van der Waals surface area contributed by atoms with E-state index in [9.17, 15) is 18.0 Å². The quantitative estimate of drug-likeness (QED) is 0.0487. The Labute approximate surface area is 240 Å². The molecule has 18 heteroatoms. The van der Waals surface area contributed by atoms with Crippen molar-refractivity contribution in [1.82, 2.24) is 19.5 Å². The zero-order valence-corrected chi connectivity index (χ0v) is 23.7. The minimum atomic E-state index is -4.74. The maximum atomic E-state index is 12.9. The third-order valence-corrected chi connectivity index (χ3v) is 7.99. The van der Waals surface area contributed by atoms with E-state index in [0.717, 1.165) is 28.9 Å². The lowest BCUT2D eigenvalue weighted by atomic mass is 10.0. The average molecular weight is 610 g/mol. The van der Waals surface area contributed by atoms with Crippen LogP contribution in [0, 0.1) is 0 Å². The van der Waals surface area contributed by atoms with Crippen molar-refractivity contribution in [3.63, 3.8) is 0 Å². The Hall–Kier alpha value is -4.00. The number of thiazole rings is 1. The summed E-state index contributed by atoms with van der Waals surface area (Å²) in [5.41, 5.74) is 19.3. The second-order valence-electron chi connectivity index (χ2n) is 9.16. The maximum absolute atomic E-state index is 12.9. The number of ether oxygens (including phenoxy) is 1. The summed E-state index contributed by atoms with van der Waals surface area (Å²) in [4.78, 5) is 40.7. The van der Waals surface area contributed by atoms with Crippen LogP contribution in [-0.2, 0) is 37.8 Å². The number of β-lactam (4-membered cyclic amide) rings is 1. The van der Waals surface area contributed by atoms with Gasteiger partial charge in [-0.3, -0.25) is 19.1 Å². The molecule has 41 heavy (non-hydrogen) atoms. The first-order chi connectivity index (χ1) is 19.5. The number of hydrogen-bond acceptors (Lipinski definition) is 12. The molecule has 1 fully saturated rings. The number of amides is 2. The molecule has 222 valence electrons. The van der Waals surface area contributed by atoms with Gasteiger partial charge in [-0.15, -0.1) is 11.3 Å². The molecule has 0 bridgehead atoms. The predicted molar refractivity (Wildman–Crippen MR) is 150 cm³/mol. The van der Waals surface area contributed by atoms with Crippen molar-refractivity contribution in [2.75, 3.05) is 32.0 Å². The van der Waals surface area contributed by atoms with Gasteiger partial charge in [0.25, 0.3) is 11.8 Å². The topological polar surface area (TPSA) is 241 Å². The molecule has 8 N–H and O–H groups in total. The summed E-state index contributed by atoms with van der Waals surface area (Å²) >= 11 is 1.07. The van der Waals surface area contributed by atoms with E-state index in [0.29, 0.717) is 37.9 Å². The number of guanidine groups is 1. The van der Waals surface area contributed by atoms with Gasteiger partial charge in [-0.25, -0.2) is 9.29 Å². The number of carbonyl (C=O) groups is 2. The lowest BCUT2D eigenvalue weighted by Crippen LogP contribution is -2.71. The molecule has 2 aliphatic rings. The Morgan fingerprint density at radius 2 is 2.05 bits per heavy atom. The van der Waals surface area contributed by atoms with E-state index in [-0.39, 0.29) is 34.1 Å². The van der Waals surface area contributed by atoms with Gasteiger partial charge >= 0.3 is 10.3 Å². The molecule has 2 atom stereocenters. The maximum Gasteiger partial charge on any atom is 0.362 e. The highest BCUT2D eigenvalue weighted by Gasteiger charge is 2.51. The molecule has 1 saturated heterocycles. The van der Waals surface area contributed by atoms with Crippen molar-refractivity contribution in [2.24, 2.45) is 21.6 Å². The molecule has 2 amide bonds. The van der Waals surface area contributed by atoms with Gasteiger partial charge in [-0.1, -0.05) is 11.2 Å². The van der Waals surface area contributed by atoms with Gasteiger partial charge in [0.05, 0.1) is 6.04 Å².